The summed E-state index contributed by atoms with van der Waals surface area (Å²) in [6, 6.07) is 1.60. The van der Waals surface area contributed by atoms with Crippen LogP contribution < -0.4 is 10.5 Å². The van der Waals surface area contributed by atoms with E-state index in [9.17, 15) is 8.42 Å². The van der Waals surface area contributed by atoms with E-state index in [2.05, 4.69) is 9.82 Å². The Bertz CT molecular complexity index is 482. The van der Waals surface area contributed by atoms with Crippen LogP contribution in [0.15, 0.2) is 17.3 Å². The molecule has 2 unspecified atom stereocenters. The number of hydrogen-bond donors (Lipinski definition) is 2. The Morgan fingerprint density at radius 1 is 1.59 bits per heavy atom. The third-order valence-electron chi connectivity index (χ3n) is 3.30. The van der Waals surface area contributed by atoms with E-state index in [0.717, 1.165) is 19.3 Å². The first-order valence-corrected chi connectivity index (χ1v) is 7.22. The zero-order valence-electron chi connectivity index (χ0n) is 9.83. The van der Waals surface area contributed by atoms with Gasteiger partial charge in [-0.3, -0.25) is 4.68 Å². The normalized spacial score (nSPS) is 25.3. The first kappa shape index (κ1) is 12.5. The molecule has 1 fully saturated rings. The molecule has 0 bridgehead atoms. The molecule has 3 N–H and O–H groups in total. The average Bonchev–Trinajstić information content (AvgIpc) is 2.85. The van der Waals surface area contributed by atoms with E-state index in [0.29, 0.717) is 6.54 Å². The van der Waals surface area contributed by atoms with Gasteiger partial charge in [0.25, 0.3) is 10.0 Å². The zero-order chi connectivity index (χ0) is 12.5. The molecule has 1 aromatic rings. The Hall–Kier alpha value is -0.920. The quantitative estimate of drug-likeness (QED) is 0.784. The number of aromatic nitrogens is 2. The van der Waals surface area contributed by atoms with Crippen molar-refractivity contribution in [1.29, 1.82) is 0 Å². The molecule has 0 radical (unpaired) electrons. The van der Waals surface area contributed by atoms with E-state index >= 15 is 0 Å². The topological polar surface area (TPSA) is 90.0 Å². The van der Waals surface area contributed by atoms with Crippen LogP contribution in [-0.4, -0.2) is 30.8 Å². The Balaban J connectivity index is 2.01. The summed E-state index contributed by atoms with van der Waals surface area (Å²) >= 11 is 0. The van der Waals surface area contributed by atoms with E-state index in [1.807, 2.05) is 0 Å². The van der Waals surface area contributed by atoms with E-state index in [1.54, 1.807) is 7.05 Å². The van der Waals surface area contributed by atoms with Crippen LogP contribution in [0.4, 0.5) is 0 Å². The second kappa shape index (κ2) is 4.75. The molecule has 0 amide bonds. The van der Waals surface area contributed by atoms with Crippen molar-refractivity contribution >= 4 is 10.0 Å². The lowest BCUT2D eigenvalue weighted by molar-refractivity contribution is 0.467. The number of rotatable bonds is 4. The monoisotopic (exact) mass is 258 g/mol. The fourth-order valence-electron chi connectivity index (χ4n) is 2.24. The van der Waals surface area contributed by atoms with Gasteiger partial charge >= 0.3 is 0 Å². The molecule has 0 aromatic carbocycles. The highest BCUT2D eigenvalue weighted by molar-refractivity contribution is 7.89. The van der Waals surface area contributed by atoms with Gasteiger partial charge in [-0.2, -0.15) is 5.10 Å². The maximum absolute atomic E-state index is 12.0. The van der Waals surface area contributed by atoms with Crippen molar-refractivity contribution in [2.24, 2.45) is 18.7 Å². The molecule has 1 aliphatic carbocycles. The largest absolute Gasteiger partial charge is 0.327 e. The fourth-order valence-corrected chi connectivity index (χ4v) is 3.45. The predicted molar refractivity (Wildman–Crippen MR) is 63.7 cm³/mol. The molecule has 17 heavy (non-hydrogen) atoms. The van der Waals surface area contributed by atoms with Crippen LogP contribution in [0.3, 0.4) is 0 Å². The summed E-state index contributed by atoms with van der Waals surface area (Å²) in [6.07, 6.45) is 4.53. The van der Waals surface area contributed by atoms with Crippen molar-refractivity contribution in [3.63, 3.8) is 0 Å². The van der Waals surface area contributed by atoms with Gasteiger partial charge in [0.2, 0.25) is 0 Å². The van der Waals surface area contributed by atoms with Crippen molar-refractivity contribution < 1.29 is 8.42 Å². The summed E-state index contributed by atoms with van der Waals surface area (Å²) in [4.78, 5) is 0. The van der Waals surface area contributed by atoms with Gasteiger partial charge in [0.15, 0.2) is 5.03 Å². The molecule has 2 rings (SSSR count). The van der Waals surface area contributed by atoms with E-state index in [-0.39, 0.29) is 17.0 Å². The summed E-state index contributed by atoms with van der Waals surface area (Å²) in [5.41, 5.74) is 5.90. The maximum atomic E-state index is 12.0. The Labute approximate surface area is 101 Å². The third-order valence-corrected chi connectivity index (χ3v) is 4.80. The van der Waals surface area contributed by atoms with Gasteiger partial charge in [0, 0.05) is 19.6 Å². The smallest absolute Gasteiger partial charge is 0.257 e. The maximum Gasteiger partial charge on any atom is 0.257 e. The van der Waals surface area contributed by atoms with Gasteiger partial charge in [-0.05, 0) is 24.8 Å². The lowest BCUT2D eigenvalue weighted by atomic mass is 10.1. The van der Waals surface area contributed by atoms with E-state index in [1.165, 1.54) is 16.9 Å². The molecule has 1 saturated carbocycles. The molecule has 0 saturated heterocycles. The molecular weight excluding hydrogens is 240 g/mol. The van der Waals surface area contributed by atoms with Crippen LogP contribution in [0.2, 0.25) is 0 Å². The first-order valence-electron chi connectivity index (χ1n) is 5.74. The average molecular weight is 258 g/mol. The molecule has 96 valence electrons. The summed E-state index contributed by atoms with van der Waals surface area (Å²) < 4.78 is 27.9. The minimum atomic E-state index is -3.46. The first-order chi connectivity index (χ1) is 8.00. The second-order valence-corrected chi connectivity index (χ2v) is 6.21. The molecule has 0 spiro atoms. The summed E-state index contributed by atoms with van der Waals surface area (Å²) in [5, 5.41) is 4.03. The lowest BCUT2D eigenvalue weighted by Gasteiger charge is -2.15. The summed E-state index contributed by atoms with van der Waals surface area (Å²) in [7, 11) is -1.86. The molecule has 0 aliphatic heterocycles. The number of sulfonamides is 1. The highest BCUT2D eigenvalue weighted by Gasteiger charge is 2.26. The fraction of sp³-hybridized carbons (Fsp3) is 0.700. The van der Waals surface area contributed by atoms with Crippen molar-refractivity contribution in [2.45, 2.75) is 30.3 Å². The van der Waals surface area contributed by atoms with Gasteiger partial charge in [0.1, 0.15) is 0 Å². The highest BCUT2D eigenvalue weighted by atomic mass is 32.2. The predicted octanol–water partition coefficient (Wildman–Crippen LogP) is -0.174. The number of hydrogen-bond acceptors (Lipinski definition) is 4. The van der Waals surface area contributed by atoms with Crippen molar-refractivity contribution in [3.05, 3.63) is 12.3 Å². The van der Waals surface area contributed by atoms with Crippen LogP contribution in [0.5, 0.6) is 0 Å². The van der Waals surface area contributed by atoms with Gasteiger partial charge in [-0.1, -0.05) is 6.42 Å². The van der Waals surface area contributed by atoms with Crippen molar-refractivity contribution in [1.82, 2.24) is 14.5 Å². The van der Waals surface area contributed by atoms with Crippen LogP contribution in [0.25, 0.3) is 0 Å². The molecule has 1 aliphatic rings. The number of aryl methyl sites for hydroxylation is 1. The highest BCUT2D eigenvalue weighted by Crippen LogP contribution is 2.23. The Morgan fingerprint density at radius 2 is 2.35 bits per heavy atom. The molecular formula is C10H18N4O2S. The van der Waals surface area contributed by atoms with Crippen LogP contribution in [-0.2, 0) is 17.1 Å². The number of nitrogens with zero attached hydrogens (tertiary/aromatic N) is 2. The van der Waals surface area contributed by atoms with Crippen LogP contribution >= 0.6 is 0 Å². The standard InChI is InChI=1S/C10H18N4O2S/c1-14-10(5-6-12-14)17(15,16)13-7-8-3-2-4-9(8)11/h5-6,8-9,13H,2-4,7,11H2,1H3. The SMILES string of the molecule is Cn1nccc1S(=O)(=O)NCC1CCCC1N. The van der Waals surface area contributed by atoms with Gasteiger partial charge in [0.05, 0.1) is 6.20 Å². The van der Waals surface area contributed by atoms with Gasteiger partial charge < -0.3 is 5.73 Å². The molecule has 7 heteroatoms. The van der Waals surface area contributed by atoms with Gasteiger partial charge in [-0.25, -0.2) is 13.1 Å². The minimum Gasteiger partial charge on any atom is -0.327 e. The minimum absolute atomic E-state index is 0.115. The molecule has 1 heterocycles. The lowest BCUT2D eigenvalue weighted by Crippen LogP contribution is -2.36. The number of nitrogens with one attached hydrogen (secondary N) is 1. The van der Waals surface area contributed by atoms with Crippen molar-refractivity contribution in [3.8, 4) is 0 Å². The summed E-state index contributed by atoms with van der Waals surface area (Å²) in [6.45, 7) is 0.411. The van der Waals surface area contributed by atoms with E-state index in [4.69, 9.17) is 5.73 Å². The second-order valence-electron chi connectivity index (χ2n) is 4.50. The van der Waals surface area contributed by atoms with Gasteiger partial charge in [-0.15, -0.1) is 0 Å². The van der Waals surface area contributed by atoms with Crippen LogP contribution in [0.1, 0.15) is 19.3 Å². The third kappa shape index (κ3) is 2.67. The van der Waals surface area contributed by atoms with Crippen molar-refractivity contribution in [2.75, 3.05) is 6.54 Å². The molecule has 6 nitrogen and oxygen atoms in total. The molecule has 1 aromatic heterocycles. The number of nitrogens with two attached hydrogens (primary N) is 1. The molecule has 2 atom stereocenters. The van der Waals surface area contributed by atoms with E-state index < -0.39 is 10.0 Å². The zero-order valence-corrected chi connectivity index (χ0v) is 10.7. The van der Waals surface area contributed by atoms with Crippen LogP contribution in [0, 0.1) is 5.92 Å². The summed E-state index contributed by atoms with van der Waals surface area (Å²) in [5.74, 6) is 0.248. The Morgan fingerprint density at radius 3 is 2.88 bits per heavy atom. The Kier molecular flexibility index (Phi) is 3.50.